The number of benzene rings is 3. The van der Waals surface area contributed by atoms with Crippen molar-refractivity contribution in [2.45, 2.75) is 44.7 Å². The highest BCUT2D eigenvalue weighted by molar-refractivity contribution is 6.04. The zero-order chi connectivity index (χ0) is 27.0. The number of methoxy groups -OCH3 is 1. The van der Waals surface area contributed by atoms with E-state index in [4.69, 9.17) is 4.74 Å². The van der Waals surface area contributed by atoms with Gasteiger partial charge in [0.1, 0.15) is 17.6 Å². The van der Waals surface area contributed by atoms with Gasteiger partial charge in [-0.3, -0.25) is 25.0 Å². The standard InChI is InChI=1S/C29H31FN2O5/c1-29(2,18-19-7-13-23(30)14-8-19)32-25(28(35)36)15-16-26(33)31-27(34)21-11-9-20(10-12-21)22-5-4-6-24(17-22)37-3/h4-14,17,25,32H,15-16,18H2,1-3H3,(H,35,36)(H,31,33,34)/t25-/m0/s1. The monoisotopic (exact) mass is 506 g/mol. The van der Waals surface area contributed by atoms with Gasteiger partial charge in [-0.15, -0.1) is 0 Å². The number of amides is 2. The number of imide groups is 1. The summed E-state index contributed by atoms with van der Waals surface area (Å²) in [5, 5.41) is 15.0. The number of aliphatic carboxylic acids is 1. The highest BCUT2D eigenvalue weighted by atomic mass is 19.1. The molecule has 0 unspecified atom stereocenters. The maximum absolute atomic E-state index is 13.2. The van der Waals surface area contributed by atoms with Crippen LogP contribution in [0.15, 0.2) is 72.8 Å². The second-order valence-corrected chi connectivity index (χ2v) is 9.45. The van der Waals surface area contributed by atoms with Crippen LogP contribution < -0.4 is 15.4 Å². The number of carbonyl (C=O) groups is 3. The van der Waals surface area contributed by atoms with E-state index in [1.807, 2.05) is 38.1 Å². The van der Waals surface area contributed by atoms with Crippen molar-refractivity contribution in [2.24, 2.45) is 0 Å². The molecule has 0 saturated heterocycles. The Morgan fingerprint density at radius 3 is 2.27 bits per heavy atom. The number of halogens is 1. The number of carbonyl (C=O) groups excluding carboxylic acids is 2. The summed E-state index contributed by atoms with van der Waals surface area (Å²) in [7, 11) is 1.59. The molecule has 0 spiro atoms. The van der Waals surface area contributed by atoms with Crippen molar-refractivity contribution in [3.05, 3.63) is 89.7 Å². The van der Waals surface area contributed by atoms with E-state index in [-0.39, 0.29) is 18.7 Å². The molecular formula is C29H31FN2O5. The lowest BCUT2D eigenvalue weighted by molar-refractivity contribution is -0.140. The molecule has 0 fully saturated rings. The lowest BCUT2D eigenvalue weighted by atomic mass is 9.93. The third-order valence-electron chi connectivity index (χ3n) is 5.89. The van der Waals surface area contributed by atoms with E-state index in [1.165, 1.54) is 12.1 Å². The van der Waals surface area contributed by atoms with E-state index in [0.29, 0.717) is 12.0 Å². The van der Waals surface area contributed by atoms with Gasteiger partial charge in [0.25, 0.3) is 5.91 Å². The second kappa shape index (κ2) is 12.3. The molecule has 0 aromatic heterocycles. The van der Waals surface area contributed by atoms with Gasteiger partial charge in [-0.05, 0) is 79.8 Å². The number of hydrogen-bond donors (Lipinski definition) is 3. The number of rotatable bonds is 11. The summed E-state index contributed by atoms with van der Waals surface area (Å²) in [5.74, 6) is -1.84. The molecule has 0 saturated carbocycles. The van der Waals surface area contributed by atoms with E-state index in [1.54, 1.807) is 43.5 Å². The zero-order valence-electron chi connectivity index (χ0n) is 21.1. The van der Waals surface area contributed by atoms with Crippen molar-refractivity contribution in [2.75, 3.05) is 7.11 Å². The number of ether oxygens (including phenoxy) is 1. The fourth-order valence-corrected chi connectivity index (χ4v) is 4.05. The van der Waals surface area contributed by atoms with Crippen LogP contribution in [0.3, 0.4) is 0 Å². The van der Waals surface area contributed by atoms with Gasteiger partial charge in [-0.25, -0.2) is 4.39 Å². The van der Waals surface area contributed by atoms with Gasteiger partial charge in [0, 0.05) is 17.5 Å². The zero-order valence-corrected chi connectivity index (χ0v) is 21.1. The lowest BCUT2D eigenvalue weighted by Gasteiger charge is -2.30. The van der Waals surface area contributed by atoms with Crippen molar-refractivity contribution in [3.63, 3.8) is 0 Å². The molecule has 3 aromatic rings. The van der Waals surface area contributed by atoms with Crippen LogP contribution in [0.4, 0.5) is 4.39 Å². The molecule has 7 nitrogen and oxygen atoms in total. The Morgan fingerprint density at radius 1 is 0.973 bits per heavy atom. The van der Waals surface area contributed by atoms with Crippen LogP contribution in [0.2, 0.25) is 0 Å². The first kappa shape index (κ1) is 27.5. The summed E-state index contributed by atoms with van der Waals surface area (Å²) in [4.78, 5) is 36.7. The minimum absolute atomic E-state index is 0.00390. The predicted octanol–water partition coefficient (Wildman–Crippen LogP) is 4.60. The first-order chi connectivity index (χ1) is 17.6. The molecule has 194 valence electrons. The van der Waals surface area contributed by atoms with Gasteiger partial charge in [0.05, 0.1) is 7.11 Å². The topological polar surface area (TPSA) is 105 Å². The fourth-order valence-electron chi connectivity index (χ4n) is 4.05. The van der Waals surface area contributed by atoms with Gasteiger partial charge >= 0.3 is 5.97 Å². The van der Waals surface area contributed by atoms with Crippen molar-refractivity contribution in [1.82, 2.24) is 10.6 Å². The second-order valence-electron chi connectivity index (χ2n) is 9.45. The highest BCUT2D eigenvalue weighted by Gasteiger charge is 2.27. The van der Waals surface area contributed by atoms with Crippen LogP contribution in [-0.4, -0.2) is 41.6 Å². The Hall–Kier alpha value is -4.04. The minimum atomic E-state index is -1.10. The highest BCUT2D eigenvalue weighted by Crippen LogP contribution is 2.24. The molecule has 0 bridgehead atoms. The summed E-state index contributed by atoms with van der Waals surface area (Å²) in [5.41, 5.74) is 2.35. The molecule has 8 heteroatoms. The minimum Gasteiger partial charge on any atom is -0.497 e. The van der Waals surface area contributed by atoms with Gasteiger partial charge in [-0.2, -0.15) is 0 Å². The largest absolute Gasteiger partial charge is 0.497 e. The molecule has 3 rings (SSSR count). The molecule has 1 atom stereocenters. The first-order valence-electron chi connectivity index (χ1n) is 11.9. The third kappa shape index (κ3) is 8.25. The summed E-state index contributed by atoms with van der Waals surface area (Å²) in [6.45, 7) is 3.68. The number of carboxylic acids is 1. The van der Waals surface area contributed by atoms with Gasteiger partial charge in [-0.1, -0.05) is 36.4 Å². The Kier molecular flexibility index (Phi) is 9.14. The Bertz CT molecular complexity index is 1240. The average molecular weight is 507 g/mol. The molecule has 2 amide bonds. The van der Waals surface area contributed by atoms with Crippen molar-refractivity contribution < 1.29 is 28.6 Å². The molecule has 0 radical (unpaired) electrons. The first-order valence-corrected chi connectivity index (χ1v) is 11.9. The van der Waals surface area contributed by atoms with Crippen LogP contribution in [0.5, 0.6) is 5.75 Å². The van der Waals surface area contributed by atoms with Crippen molar-refractivity contribution >= 4 is 17.8 Å². The molecule has 3 N–H and O–H groups in total. The van der Waals surface area contributed by atoms with E-state index in [0.717, 1.165) is 22.4 Å². The van der Waals surface area contributed by atoms with Crippen LogP contribution in [0.1, 0.15) is 42.6 Å². The predicted molar refractivity (Wildman–Crippen MR) is 139 cm³/mol. The van der Waals surface area contributed by atoms with E-state index in [2.05, 4.69) is 10.6 Å². The molecule has 37 heavy (non-hydrogen) atoms. The summed E-state index contributed by atoms with van der Waals surface area (Å²) in [6, 6.07) is 19.3. The normalized spacial score (nSPS) is 12.0. The van der Waals surface area contributed by atoms with Gasteiger partial charge in [0.2, 0.25) is 5.91 Å². The molecule has 3 aromatic carbocycles. The van der Waals surface area contributed by atoms with E-state index < -0.39 is 29.4 Å². The maximum atomic E-state index is 13.2. The number of hydrogen-bond acceptors (Lipinski definition) is 5. The van der Waals surface area contributed by atoms with E-state index in [9.17, 15) is 23.9 Å². The molecule has 0 aliphatic carbocycles. The van der Waals surface area contributed by atoms with Crippen LogP contribution >= 0.6 is 0 Å². The van der Waals surface area contributed by atoms with Crippen LogP contribution in [0, 0.1) is 5.82 Å². The quantitative estimate of drug-likeness (QED) is 0.351. The number of carboxylic acid groups (broad SMARTS) is 1. The number of nitrogens with one attached hydrogen (secondary N) is 2. The molecular weight excluding hydrogens is 475 g/mol. The SMILES string of the molecule is COc1cccc(-c2ccc(C(=O)NC(=O)CC[C@H](NC(C)(C)Cc3ccc(F)cc3)C(=O)O)cc2)c1. The van der Waals surface area contributed by atoms with Crippen molar-refractivity contribution in [1.29, 1.82) is 0 Å². The third-order valence-corrected chi connectivity index (χ3v) is 5.89. The van der Waals surface area contributed by atoms with Gasteiger partial charge in [0.15, 0.2) is 0 Å². The maximum Gasteiger partial charge on any atom is 0.320 e. The summed E-state index contributed by atoms with van der Waals surface area (Å²) in [6.07, 6.45) is 0.313. The van der Waals surface area contributed by atoms with Crippen LogP contribution in [-0.2, 0) is 16.0 Å². The van der Waals surface area contributed by atoms with Gasteiger partial charge < -0.3 is 9.84 Å². The van der Waals surface area contributed by atoms with Crippen molar-refractivity contribution in [3.8, 4) is 16.9 Å². The smallest absolute Gasteiger partial charge is 0.320 e. The van der Waals surface area contributed by atoms with Crippen LogP contribution in [0.25, 0.3) is 11.1 Å². The molecule has 0 aliphatic rings. The Labute approximate surface area is 215 Å². The van der Waals surface area contributed by atoms with E-state index >= 15 is 0 Å². The Balaban J connectivity index is 1.54. The summed E-state index contributed by atoms with van der Waals surface area (Å²) < 4.78 is 18.4. The lowest BCUT2D eigenvalue weighted by Crippen LogP contribution is -2.51. The molecule has 0 aliphatic heterocycles. The summed E-state index contributed by atoms with van der Waals surface area (Å²) >= 11 is 0. The Morgan fingerprint density at radius 2 is 1.65 bits per heavy atom. The average Bonchev–Trinajstić information content (AvgIpc) is 2.87. The molecule has 0 heterocycles. The fraction of sp³-hybridized carbons (Fsp3) is 0.276.